The zero-order chi connectivity index (χ0) is 11.4. The summed E-state index contributed by atoms with van der Waals surface area (Å²) in [5, 5.41) is 17.7. The van der Waals surface area contributed by atoms with E-state index in [9.17, 15) is 4.79 Å². The lowest BCUT2D eigenvalue weighted by atomic mass is 9.40. The highest BCUT2D eigenvalue weighted by Gasteiger charge is 2.17. The molecule has 0 aliphatic rings. The van der Waals surface area contributed by atoms with Crippen molar-refractivity contribution in [2.45, 2.75) is 19.8 Å². The van der Waals surface area contributed by atoms with Crippen molar-refractivity contribution in [2.24, 2.45) is 0 Å². The Bertz CT molecular complexity index is 443. The van der Waals surface area contributed by atoms with Crippen molar-refractivity contribution in [2.75, 3.05) is 0 Å². The molecule has 15 heavy (non-hydrogen) atoms. The molecule has 0 aliphatic heterocycles. The quantitative estimate of drug-likeness (QED) is 0.368. The van der Waals surface area contributed by atoms with Gasteiger partial charge in [-0.05, 0) is 24.1 Å². The van der Waals surface area contributed by atoms with Crippen molar-refractivity contribution in [1.29, 1.82) is 0 Å². The predicted octanol–water partition coefficient (Wildman–Crippen LogP) is -1.58. The molecule has 0 bridgehead atoms. The van der Waals surface area contributed by atoms with Gasteiger partial charge >= 0.3 is 7.01 Å². The van der Waals surface area contributed by atoms with E-state index in [4.69, 9.17) is 22.3 Å². The summed E-state index contributed by atoms with van der Waals surface area (Å²) >= 11 is 4.84. The van der Waals surface area contributed by atoms with Gasteiger partial charge in [-0.2, -0.15) is 0 Å². The van der Waals surface area contributed by atoms with Crippen LogP contribution in [0.15, 0.2) is 4.79 Å². The monoisotopic (exact) mass is 226 g/mol. The summed E-state index contributed by atoms with van der Waals surface area (Å²) in [5.41, 5.74) is 0.690. The topological polar surface area (TPSA) is 89.1 Å². The maximum atomic E-state index is 11.5. The Hall–Kier alpha value is -0.850. The minimum absolute atomic E-state index is 0.0865. The summed E-state index contributed by atoms with van der Waals surface area (Å²) in [6.45, 7) is 1.97. The van der Waals surface area contributed by atoms with Crippen LogP contribution in [-0.4, -0.2) is 34.2 Å². The normalized spacial score (nSPS) is 10.1. The molecule has 0 spiro atoms. The first kappa shape index (κ1) is 12.2. The third kappa shape index (κ3) is 3.33. The number of aryl methyl sites for hydroxylation is 1. The molecule has 4 N–H and O–H groups in total. The van der Waals surface area contributed by atoms with Gasteiger partial charge < -0.3 is 15.0 Å². The van der Waals surface area contributed by atoms with Crippen LogP contribution < -0.4 is 11.0 Å². The molecule has 0 aromatic carbocycles. The van der Waals surface area contributed by atoms with Gasteiger partial charge in [0, 0.05) is 5.69 Å². The van der Waals surface area contributed by atoms with Gasteiger partial charge in [0.05, 0.1) is 0 Å². The number of nitrogens with one attached hydrogen (secondary N) is 2. The molecule has 1 heterocycles. The van der Waals surface area contributed by atoms with Crippen LogP contribution in [0.5, 0.6) is 0 Å². The van der Waals surface area contributed by atoms with E-state index in [-0.39, 0.29) is 17.5 Å². The SMILES string of the molecule is CCCc1[nH]c(=S)[nH]c(=O)c1BB(O)O. The van der Waals surface area contributed by atoms with Gasteiger partial charge in [-0.3, -0.25) is 9.78 Å². The maximum absolute atomic E-state index is 11.5. The second-order valence-corrected chi connectivity index (χ2v) is 3.71. The fraction of sp³-hybridized carbons (Fsp3) is 0.429. The molecule has 1 aromatic heterocycles. The number of rotatable bonds is 4. The summed E-state index contributed by atoms with van der Waals surface area (Å²) in [6.07, 6.45) is 1.51. The standard InChI is InChI=1S/C7H12B2N2O3S/c1-2-3-4-5(8-9(13)14)6(12)11-7(15)10-4/h8,13-14H,2-3H2,1H3,(H2,10,11,12,15). The highest BCUT2D eigenvalue weighted by Crippen LogP contribution is 1.92. The average Bonchev–Trinajstić information content (AvgIpc) is 2.11. The average molecular weight is 226 g/mol. The minimum atomic E-state index is -1.52. The molecule has 0 saturated heterocycles. The molecule has 0 unspecified atom stereocenters. The highest BCUT2D eigenvalue weighted by molar-refractivity contribution is 7.71. The summed E-state index contributed by atoms with van der Waals surface area (Å²) in [5.74, 6) is 0. The number of aromatic nitrogens is 2. The first-order chi connectivity index (χ1) is 7.04. The van der Waals surface area contributed by atoms with Gasteiger partial charge in [-0.1, -0.05) is 13.3 Å². The van der Waals surface area contributed by atoms with E-state index in [1.807, 2.05) is 6.92 Å². The summed E-state index contributed by atoms with van der Waals surface area (Å²) in [4.78, 5) is 16.8. The van der Waals surface area contributed by atoms with Crippen molar-refractivity contribution in [3.05, 3.63) is 20.8 Å². The van der Waals surface area contributed by atoms with Crippen LogP contribution in [0.2, 0.25) is 0 Å². The zero-order valence-electron chi connectivity index (χ0n) is 8.41. The van der Waals surface area contributed by atoms with Crippen molar-refractivity contribution < 1.29 is 10.0 Å². The molecule has 1 rings (SSSR count). The molecule has 0 aliphatic carbocycles. The molecular weight excluding hydrogens is 214 g/mol. The number of hydrogen-bond acceptors (Lipinski definition) is 4. The van der Waals surface area contributed by atoms with Gasteiger partial charge in [-0.25, -0.2) is 0 Å². The molecule has 0 amide bonds. The van der Waals surface area contributed by atoms with E-state index in [2.05, 4.69) is 9.97 Å². The Morgan fingerprint density at radius 2 is 2.13 bits per heavy atom. The molecule has 80 valence electrons. The zero-order valence-corrected chi connectivity index (χ0v) is 9.23. The van der Waals surface area contributed by atoms with Crippen molar-refractivity contribution in [3.8, 4) is 0 Å². The maximum Gasteiger partial charge on any atom is 0.403 e. The van der Waals surface area contributed by atoms with Crippen molar-refractivity contribution in [3.63, 3.8) is 0 Å². The Labute approximate surface area is 92.9 Å². The van der Waals surface area contributed by atoms with Gasteiger partial charge in [0.25, 0.3) is 0 Å². The van der Waals surface area contributed by atoms with E-state index in [1.165, 1.54) is 0 Å². The van der Waals surface area contributed by atoms with Crippen LogP contribution in [0.3, 0.4) is 0 Å². The highest BCUT2D eigenvalue weighted by atomic mass is 32.1. The summed E-state index contributed by atoms with van der Waals surface area (Å²) < 4.78 is 0.264. The predicted molar refractivity (Wildman–Crippen MR) is 63.2 cm³/mol. The largest absolute Gasteiger partial charge is 0.433 e. The lowest BCUT2D eigenvalue weighted by molar-refractivity contribution is 0.434. The van der Waals surface area contributed by atoms with Gasteiger partial charge in [0.2, 0.25) is 12.7 Å². The van der Waals surface area contributed by atoms with E-state index in [1.54, 1.807) is 0 Å². The Kier molecular flexibility index (Phi) is 4.31. The first-order valence-corrected chi connectivity index (χ1v) is 5.16. The smallest absolute Gasteiger partial charge is 0.403 e. The molecular formula is C7H12B2N2O3S. The number of H-pyrrole nitrogens is 2. The van der Waals surface area contributed by atoms with Crippen molar-refractivity contribution >= 4 is 31.9 Å². The van der Waals surface area contributed by atoms with Gasteiger partial charge in [-0.15, -0.1) is 0 Å². The second-order valence-electron chi connectivity index (χ2n) is 3.30. The molecule has 0 radical (unpaired) electrons. The molecule has 5 nitrogen and oxygen atoms in total. The fourth-order valence-corrected chi connectivity index (χ4v) is 1.64. The van der Waals surface area contributed by atoms with E-state index in [0.29, 0.717) is 17.6 Å². The molecule has 1 aromatic rings. The molecule has 0 fully saturated rings. The van der Waals surface area contributed by atoms with Crippen LogP contribution in [0.25, 0.3) is 0 Å². The molecule has 8 heteroatoms. The third-order valence-electron chi connectivity index (χ3n) is 2.02. The van der Waals surface area contributed by atoms with Gasteiger partial charge in [0.1, 0.15) is 0 Å². The van der Waals surface area contributed by atoms with E-state index >= 15 is 0 Å². The lowest BCUT2D eigenvalue weighted by Crippen LogP contribution is -2.45. The summed E-state index contributed by atoms with van der Waals surface area (Å²) in [6, 6.07) is 0. The van der Waals surface area contributed by atoms with Crippen LogP contribution in [0.1, 0.15) is 19.0 Å². The van der Waals surface area contributed by atoms with E-state index in [0.717, 1.165) is 6.42 Å². The third-order valence-corrected chi connectivity index (χ3v) is 2.22. The molecule has 0 saturated carbocycles. The Morgan fingerprint density at radius 3 is 2.67 bits per heavy atom. The lowest BCUT2D eigenvalue weighted by Gasteiger charge is -2.06. The van der Waals surface area contributed by atoms with Gasteiger partial charge in [0.15, 0.2) is 4.77 Å². The van der Waals surface area contributed by atoms with Crippen LogP contribution in [0.4, 0.5) is 0 Å². The first-order valence-electron chi connectivity index (χ1n) is 4.75. The van der Waals surface area contributed by atoms with Crippen LogP contribution >= 0.6 is 12.2 Å². The number of aromatic amines is 2. The van der Waals surface area contributed by atoms with E-state index < -0.39 is 7.01 Å². The number of hydrogen-bond donors (Lipinski definition) is 4. The second kappa shape index (κ2) is 5.29. The van der Waals surface area contributed by atoms with Crippen molar-refractivity contribution in [1.82, 2.24) is 9.97 Å². The van der Waals surface area contributed by atoms with Crippen LogP contribution in [0, 0.1) is 4.77 Å². The summed E-state index contributed by atoms with van der Waals surface area (Å²) in [7, 11) is -1.61. The minimum Gasteiger partial charge on any atom is -0.433 e. The molecule has 0 atom stereocenters. The van der Waals surface area contributed by atoms with Crippen LogP contribution in [-0.2, 0) is 6.42 Å². The Balaban J connectivity index is 3.20. The Morgan fingerprint density at radius 1 is 1.47 bits per heavy atom. The fourth-order valence-electron chi connectivity index (χ4n) is 1.42.